The van der Waals surface area contributed by atoms with Crippen LogP contribution < -0.4 is 5.73 Å². The number of rotatable bonds is 2. The lowest BCUT2D eigenvalue weighted by Gasteiger charge is -2.36. The van der Waals surface area contributed by atoms with Gasteiger partial charge < -0.3 is 15.4 Å². The van der Waals surface area contributed by atoms with Gasteiger partial charge in [0.15, 0.2) is 0 Å². The van der Waals surface area contributed by atoms with Gasteiger partial charge in [0.2, 0.25) is 0 Å². The second-order valence-electron chi connectivity index (χ2n) is 7.97. The Kier molecular flexibility index (Phi) is 4.97. The van der Waals surface area contributed by atoms with Crippen molar-refractivity contribution in [1.29, 1.82) is 0 Å². The number of nitrogens with two attached hydrogens (primary N) is 1. The van der Waals surface area contributed by atoms with Gasteiger partial charge in [-0.3, -0.25) is 9.48 Å². The minimum absolute atomic E-state index is 0.204. The monoisotopic (exact) mass is 455 g/mol. The Morgan fingerprint density at radius 3 is 2.64 bits per heavy atom. The van der Waals surface area contributed by atoms with Gasteiger partial charge in [0, 0.05) is 29.9 Å². The molecule has 1 saturated heterocycles. The molecule has 2 N–H and O–H groups in total. The molecule has 1 aliphatic rings. The molecule has 0 aliphatic carbocycles. The smallest absolute Gasteiger partial charge is 0.382 e. The van der Waals surface area contributed by atoms with Crippen LogP contribution in [-0.2, 0) is 18.0 Å². The number of carbonyl (C=O) groups is 1. The lowest BCUT2D eigenvalue weighted by atomic mass is 10.0. The van der Waals surface area contributed by atoms with E-state index in [0.29, 0.717) is 41.1 Å². The number of aryl methyl sites for hydroxylation is 1. The minimum atomic E-state index is -4.42. The van der Waals surface area contributed by atoms with Gasteiger partial charge in [-0.25, -0.2) is 4.98 Å². The van der Waals surface area contributed by atoms with Gasteiger partial charge in [0.1, 0.15) is 11.3 Å². The molecule has 5 rings (SSSR count). The van der Waals surface area contributed by atoms with Gasteiger partial charge in [-0.15, -0.1) is 0 Å². The molecule has 170 valence electrons. The van der Waals surface area contributed by atoms with Gasteiger partial charge in [0.25, 0.3) is 5.91 Å². The summed E-state index contributed by atoms with van der Waals surface area (Å²) in [6, 6.07) is 9.52. The fourth-order valence-electron chi connectivity index (χ4n) is 4.29. The third-order valence-electron chi connectivity index (χ3n) is 5.97. The SMILES string of the molecule is Cn1ncc2c3cc(C(=O)N4CCOCC4c4ccc(C(F)(F)F)cc4)ccc3nc(N)c21. The van der Waals surface area contributed by atoms with E-state index < -0.39 is 17.8 Å². The first-order valence-electron chi connectivity index (χ1n) is 10.3. The first-order chi connectivity index (χ1) is 15.7. The summed E-state index contributed by atoms with van der Waals surface area (Å²) >= 11 is 0. The molecule has 4 aromatic rings. The Bertz CT molecular complexity index is 1360. The topological polar surface area (TPSA) is 86.3 Å². The molecule has 0 bridgehead atoms. The number of hydrogen-bond acceptors (Lipinski definition) is 5. The predicted molar refractivity (Wildman–Crippen MR) is 116 cm³/mol. The average Bonchev–Trinajstić information content (AvgIpc) is 3.20. The Morgan fingerprint density at radius 2 is 1.91 bits per heavy atom. The number of aromatic nitrogens is 3. The highest BCUT2D eigenvalue weighted by atomic mass is 19.4. The van der Waals surface area contributed by atoms with E-state index in [1.165, 1.54) is 12.1 Å². The quantitative estimate of drug-likeness (QED) is 0.495. The molecule has 0 saturated carbocycles. The Morgan fingerprint density at radius 1 is 1.15 bits per heavy atom. The zero-order valence-corrected chi connectivity index (χ0v) is 17.6. The lowest BCUT2D eigenvalue weighted by molar-refractivity contribution is -0.137. The number of pyridine rings is 1. The van der Waals surface area contributed by atoms with E-state index in [-0.39, 0.29) is 12.5 Å². The van der Waals surface area contributed by atoms with Gasteiger partial charge in [-0.1, -0.05) is 12.1 Å². The molecular formula is C23H20F3N5O2. The number of morpholine rings is 1. The number of alkyl halides is 3. The Hall–Kier alpha value is -3.66. The predicted octanol–water partition coefficient (Wildman–Crippen LogP) is 3.94. The van der Waals surface area contributed by atoms with Crippen LogP contribution in [0.3, 0.4) is 0 Å². The number of hydrogen-bond donors (Lipinski definition) is 1. The van der Waals surface area contributed by atoms with Crippen molar-refractivity contribution in [2.24, 2.45) is 7.05 Å². The molecule has 1 aliphatic heterocycles. The number of anilines is 1. The summed E-state index contributed by atoms with van der Waals surface area (Å²) in [4.78, 5) is 19.5. The van der Waals surface area contributed by atoms with E-state index in [9.17, 15) is 18.0 Å². The molecule has 1 unspecified atom stereocenters. The second kappa shape index (κ2) is 7.73. The van der Waals surface area contributed by atoms with Crippen LogP contribution in [0.15, 0.2) is 48.7 Å². The molecule has 0 radical (unpaired) electrons. The highest BCUT2D eigenvalue weighted by molar-refractivity contribution is 6.10. The second-order valence-corrected chi connectivity index (χ2v) is 7.97. The van der Waals surface area contributed by atoms with Crippen molar-refractivity contribution >= 4 is 33.5 Å². The standard InChI is InChI=1S/C23H20F3N5O2/c1-30-20-17(11-28-30)16-10-14(4-7-18(16)29-21(20)27)22(32)31-8-9-33-12-19(31)13-2-5-15(6-3-13)23(24,25)26/h2-7,10-11,19H,8-9,12H2,1H3,(H2,27,29). The third kappa shape index (κ3) is 3.66. The summed E-state index contributed by atoms with van der Waals surface area (Å²) in [5.74, 6) is 0.117. The number of amides is 1. The molecule has 2 aromatic carbocycles. The van der Waals surface area contributed by atoms with Gasteiger partial charge in [-0.05, 0) is 35.9 Å². The molecular weight excluding hydrogens is 435 g/mol. The minimum Gasteiger partial charge on any atom is -0.382 e. The number of nitrogens with zero attached hydrogens (tertiary/aromatic N) is 4. The van der Waals surface area contributed by atoms with E-state index in [4.69, 9.17) is 10.5 Å². The highest BCUT2D eigenvalue weighted by Crippen LogP contribution is 2.33. The van der Waals surface area contributed by atoms with Crippen molar-refractivity contribution in [1.82, 2.24) is 19.7 Å². The number of fused-ring (bicyclic) bond motifs is 3. The third-order valence-corrected chi connectivity index (χ3v) is 5.97. The zero-order valence-electron chi connectivity index (χ0n) is 17.6. The van der Waals surface area contributed by atoms with E-state index >= 15 is 0 Å². The summed E-state index contributed by atoms with van der Waals surface area (Å²) in [5.41, 5.74) is 7.69. The molecule has 1 fully saturated rings. The summed E-state index contributed by atoms with van der Waals surface area (Å²) in [7, 11) is 1.77. The normalized spacial score (nSPS) is 17.1. The van der Waals surface area contributed by atoms with E-state index in [1.54, 1.807) is 41.0 Å². The van der Waals surface area contributed by atoms with Crippen LogP contribution >= 0.6 is 0 Å². The van der Waals surface area contributed by atoms with Gasteiger partial charge >= 0.3 is 6.18 Å². The summed E-state index contributed by atoms with van der Waals surface area (Å²) in [5, 5.41) is 5.79. The number of benzene rings is 2. The number of ether oxygens (including phenoxy) is 1. The van der Waals surface area contributed by atoms with Crippen molar-refractivity contribution < 1.29 is 22.7 Å². The summed E-state index contributed by atoms with van der Waals surface area (Å²) in [6.07, 6.45) is -2.74. The fraction of sp³-hybridized carbons (Fsp3) is 0.261. The largest absolute Gasteiger partial charge is 0.416 e. The molecule has 1 amide bonds. The van der Waals surface area contributed by atoms with Crippen molar-refractivity contribution in [2.75, 3.05) is 25.5 Å². The lowest BCUT2D eigenvalue weighted by Crippen LogP contribution is -2.43. The number of halogens is 3. The van der Waals surface area contributed by atoms with Crippen molar-refractivity contribution in [3.8, 4) is 0 Å². The molecule has 0 spiro atoms. The fourth-order valence-corrected chi connectivity index (χ4v) is 4.29. The van der Waals surface area contributed by atoms with Crippen molar-refractivity contribution in [3.63, 3.8) is 0 Å². The Labute approximate surface area is 186 Å². The van der Waals surface area contributed by atoms with Crippen LogP contribution in [0.25, 0.3) is 21.8 Å². The van der Waals surface area contributed by atoms with Crippen LogP contribution in [0.5, 0.6) is 0 Å². The molecule has 10 heteroatoms. The van der Waals surface area contributed by atoms with Crippen LogP contribution in [0.2, 0.25) is 0 Å². The molecule has 33 heavy (non-hydrogen) atoms. The van der Waals surface area contributed by atoms with Gasteiger partial charge in [0.05, 0.1) is 36.5 Å². The van der Waals surface area contributed by atoms with Gasteiger partial charge in [-0.2, -0.15) is 18.3 Å². The van der Waals surface area contributed by atoms with Crippen molar-refractivity contribution in [3.05, 3.63) is 65.4 Å². The maximum absolute atomic E-state index is 13.5. The van der Waals surface area contributed by atoms with Crippen LogP contribution in [-0.4, -0.2) is 45.3 Å². The van der Waals surface area contributed by atoms with E-state index in [2.05, 4.69) is 10.1 Å². The average molecular weight is 455 g/mol. The van der Waals surface area contributed by atoms with Crippen molar-refractivity contribution in [2.45, 2.75) is 12.2 Å². The van der Waals surface area contributed by atoms with E-state index in [1.807, 2.05) is 0 Å². The maximum Gasteiger partial charge on any atom is 0.416 e. The molecule has 1 atom stereocenters. The van der Waals surface area contributed by atoms with Crippen LogP contribution in [0.1, 0.15) is 27.5 Å². The number of carbonyl (C=O) groups excluding carboxylic acids is 1. The molecule has 7 nitrogen and oxygen atoms in total. The first-order valence-corrected chi connectivity index (χ1v) is 10.3. The summed E-state index contributed by atoms with van der Waals surface area (Å²) < 4.78 is 46.0. The number of nitrogen functional groups attached to an aromatic ring is 1. The highest BCUT2D eigenvalue weighted by Gasteiger charge is 2.33. The molecule has 2 aromatic heterocycles. The maximum atomic E-state index is 13.5. The first kappa shape index (κ1) is 21.2. The van der Waals surface area contributed by atoms with Crippen LogP contribution in [0, 0.1) is 0 Å². The van der Waals surface area contributed by atoms with E-state index in [0.717, 1.165) is 22.9 Å². The van der Waals surface area contributed by atoms with Crippen LogP contribution in [0.4, 0.5) is 19.0 Å². The molecule has 3 heterocycles. The zero-order chi connectivity index (χ0) is 23.3. The Balaban J connectivity index is 1.52. The summed E-state index contributed by atoms with van der Waals surface area (Å²) in [6.45, 7) is 0.877.